The number of aryl methyl sites for hydroxylation is 1. The van der Waals surface area contributed by atoms with Crippen molar-refractivity contribution in [3.8, 4) is 5.88 Å². The number of aromatic nitrogens is 2. The summed E-state index contributed by atoms with van der Waals surface area (Å²) >= 11 is 0. The van der Waals surface area contributed by atoms with E-state index in [2.05, 4.69) is 36.1 Å². The van der Waals surface area contributed by atoms with E-state index in [0.717, 1.165) is 44.1 Å². The molecule has 0 spiro atoms. The molecule has 0 saturated carbocycles. The minimum Gasteiger partial charge on any atom is -0.478 e. The van der Waals surface area contributed by atoms with Gasteiger partial charge < -0.3 is 10.1 Å². The van der Waals surface area contributed by atoms with E-state index in [1.807, 2.05) is 6.07 Å². The molecule has 4 heteroatoms. The van der Waals surface area contributed by atoms with E-state index in [1.165, 1.54) is 19.3 Å². The summed E-state index contributed by atoms with van der Waals surface area (Å²) in [5, 5.41) is 3.23. The fourth-order valence-electron chi connectivity index (χ4n) is 1.86. The van der Waals surface area contributed by atoms with Gasteiger partial charge in [-0.2, -0.15) is 4.98 Å². The lowest BCUT2D eigenvalue weighted by molar-refractivity contribution is 0.292. The lowest BCUT2D eigenvalue weighted by atomic mass is 10.2. The van der Waals surface area contributed by atoms with E-state index in [-0.39, 0.29) is 0 Å². The molecular formula is C15H27N3O. The highest BCUT2D eigenvalue weighted by Crippen LogP contribution is 2.15. The fraction of sp³-hybridized carbons (Fsp3) is 0.733. The number of rotatable bonds is 10. The van der Waals surface area contributed by atoms with Gasteiger partial charge in [-0.15, -0.1) is 0 Å². The van der Waals surface area contributed by atoms with Crippen molar-refractivity contribution in [1.82, 2.24) is 9.97 Å². The van der Waals surface area contributed by atoms with Crippen molar-refractivity contribution in [2.75, 3.05) is 18.5 Å². The smallest absolute Gasteiger partial charge is 0.218 e. The monoisotopic (exact) mass is 265 g/mol. The third kappa shape index (κ3) is 6.41. The first-order valence-corrected chi connectivity index (χ1v) is 7.54. The van der Waals surface area contributed by atoms with Gasteiger partial charge in [0.15, 0.2) is 0 Å². The van der Waals surface area contributed by atoms with Crippen LogP contribution in [0.5, 0.6) is 5.88 Å². The molecule has 1 N–H and O–H groups in total. The van der Waals surface area contributed by atoms with Crippen molar-refractivity contribution < 1.29 is 4.74 Å². The maximum atomic E-state index is 5.74. The third-order valence-electron chi connectivity index (χ3n) is 2.83. The molecule has 0 unspecified atom stereocenters. The maximum absolute atomic E-state index is 5.74. The summed E-state index contributed by atoms with van der Waals surface area (Å²) in [5.74, 6) is 2.43. The Morgan fingerprint density at radius 3 is 2.58 bits per heavy atom. The van der Waals surface area contributed by atoms with Crippen molar-refractivity contribution in [1.29, 1.82) is 0 Å². The molecule has 4 nitrogen and oxygen atoms in total. The first-order valence-electron chi connectivity index (χ1n) is 7.54. The first kappa shape index (κ1) is 15.7. The van der Waals surface area contributed by atoms with Gasteiger partial charge in [-0.3, -0.25) is 0 Å². The van der Waals surface area contributed by atoms with Crippen LogP contribution in [-0.2, 0) is 6.42 Å². The van der Waals surface area contributed by atoms with Gasteiger partial charge >= 0.3 is 0 Å². The van der Waals surface area contributed by atoms with E-state index in [1.54, 1.807) is 0 Å². The normalized spacial score (nSPS) is 10.5. The Hall–Kier alpha value is -1.32. The summed E-state index contributed by atoms with van der Waals surface area (Å²) in [7, 11) is 0. The Morgan fingerprint density at radius 1 is 1.05 bits per heavy atom. The average Bonchev–Trinajstić information content (AvgIpc) is 2.39. The summed E-state index contributed by atoms with van der Waals surface area (Å²) in [4.78, 5) is 8.92. The van der Waals surface area contributed by atoms with Crippen LogP contribution in [0.25, 0.3) is 0 Å². The Kier molecular flexibility index (Phi) is 7.94. The average molecular weight is 265 g/mol. The summed E-state index contributed by atoms with van der Waals surface area (Å²) in [6, 6.07) is 1.89. The molecule has 0 fully saturated rings. The zero-order chi connectivity index (χ0) is 13.9. The van der Waals surface area contributed by atoms with Crippen molar-refractivity contribution >= 4 is 5.82 Å². The molecule has 1 aromatic heterocycles. The second-order valence-electron chi connectivity index (χ2n) is 4.70. The second-order valence-corrected chi connectivity index (χ2v) is 4.70. The standard InChI is InChI=1S/C15H27N3O/c1-4-7-8-9-11-19-15-12-14(16-6-3)17-13(18-15)10-5-2/h12H,4-11H2,1-3H3,(H,16,17,18). The molecule has 1 rings (SSSR count). The molecule has 1 aromatic rings. The zero-order valence-corrected chi connectivity index (χ0v) is 12.5. The largest absolute Gasteiger partial charge is 0.478 e. The van der Waals surface area contributed by atoms with Crippen molar-refractivity contribution in [3.63, 3.8) is 0 Å². The van der Waals surface area contributed by atoms with Crippen LogP contribution in [0.4, 0.5) is 5.82 Å². The minimum atomic E-state index is 0.700. The number of hydrogen-bond acceptors (Lipinski definition) is 4. The topological polar surface area (TPSA) is 47.0 Å². The van der Waals surface area contributed by atoms with Crippen LogP contribution in [0.2, 0.25) is 0 Å². The van der Waals surface area contributed by atoms with Crippen LogP contribution in [0.1, 0.15) is 58.7 Å². The molecule has 19 heavy (non-hydrogen) atoms. The molecule has 0 atom stereocenters. The van der Waals surface area contributed by atoms with Crippen LogP contribution < -0.4 is 10.1 Å². The second kappa shape index (κ2) is 9.59. The quantitative estimate of drug-likeness (QED) is 0.653. The van der Waals surface area contributed by atoms with Crippen LogP contribution in [0, 0.1) is 0 Å². The lowest BCUT2D eigenvalue weighted by Gasteiger charge is -2.09. The van der Waals surface area contributed by atoms with Gasteiger partial charge in [-0.25, -0.2) is 4.98 Å². The van der Waals surface area contributed by atoms with Crippen molar-refractivity contribution in [3.05, 3.63) is 11.9 Å². The van der Waals surface area contributed by atoms with Gasteiger partial charge in [0.2, 0.25) is 5.88 Å². The molecule has 0 saturated heterocycles. The van der Waals surface area contributed by atoms with Crippen LogP contribution in [0.15, 0.2) is 6.07 Å². The SMILES string of the molecule is CCCCCCOc1cc(NCC)nc(CCC)n1. The van der Waals surface area contributed by atoms with E-state index in [0.29, 0.717) is 5.88 Å². The number of ether oxygens (including phenoxy) is 1. The van der Waals surface area contributed by atoms with E-state index in [4.69, 9.17) is 4.74 Å². The van der Waals surface area contributed by atoms with Crippen LogP contribution in [0.3, 0.4) is 0 Å². The molecule has 0 aromatic carbocycles. The molecule has 0 aliphatic rings. The predicted octanol–water partition coefficient (Wildman–Crippen LogP) is 3.82. The molecule has 1 heterocycles. The maximum Gasteiger partial charge on any atom is 0.218 e. The Balaban J connectivity index is 2.54. The first-order chi connectivity index (χ1) is 9.30. The van der Waals surface area contributed by atoms with Gasteiger partial charge in [-0.1, -0.05) is 33.1 Å². The highest BCUT2D eigenvalue weighted by atomic mass is 16.5. The highest BCUT2D eigenvalue weighted by molar-refractivity contribution is 5.38. The molecule has 0 amide bonds. The number of hydrogen-bond donors (Lipinski definition) is 1. The molecular weight excluding hydrogens is 238 g/mol. The summed E-state index contributed by atoms with van der Waals surface area (Å²) in [6.45, 7) is 8.01. The Labute approximate surface area is 117 Å². The summed E-state index contributed by atoms with van der Waals surface area (Å²) in [5.41, 5.74) is 0. The number of unbranched alkanes of at least 4 members (excludes halogenated alkanes) is 3. The van der Waals surface area contributed by atoms with Gasteiger partial charge in [0.05, 0.1) is 6.61 Å². The van der Waals surface area contributed by atoms with Gasteiger partial charge in [-0.05, 0) is 19.8 Å². The molecule has 0 bridgehead atoms. The summed E-state index contributed by atoms with van der Waals surface area (Å²) in [6.07, 6.45) is 6.79. The molecule has 0 radical (unpaired) electrons. The van der Waals surface area contributed by atoms with Crippen LogP contribution in [-0.4, -0.2) is 23.1 Å². The van der Waals surface area contributed by atoms with Crippen molar-refractivity contribution in [2.45, 2.75) is 59.3 Å². The van der Waals surface area contributed by atoms with Gasteiger partial charge in [0.1, 0.15) is 11.6 Å². The van der Waals surface area contributed by atoms with E-state index < -0.39 is 0 Å². The van der Waals surface area contributed by atoms with E-state index >= 15 is 0 Å². The zero-order valence-electron chi connectivity index (χ0n) is 12.5. The number of nitrogens with one attached hydrogen (secondary N) is 1. The molecule has 108 valence electrons. The van der Waals surface area contributed by atoms with Crippen LogP contribution >= 0.6 is 0 Å². The fourth-order valence-corrected chi connectivity index (χ4v) is 1.86. The van der Waals surface area contributed by atoms with Gasteiger partial charge in [0.25, 0.3) is 0 Å². The predicted molar refractivity (Wildman–Crippen MR) is 79.8 cm³/mol. The van der Waals surface area contributed by atoms with E-state index in [9.17, 15) is 0 Å². The lowest BCUT2D eigenvalue weighted by Crippen LogP contribution is -2.07. The Morgan fingerprint density at radius 2 is 1.89 bits per heavy atom. The Bertz CT molecular complexity index is 331. The molecule has 0 aliphatic heterocycles. The van der Waals surface area contributed by atoms with Crippen molar-refractivity contribution in [2.24, 2.45) is 0 Å². The number of anilines is 1. The minimum absolute atomic E-state index is 0.700. The molecule has 0 aliphatic carbocycles. The number of nitrogens with zero attached hydrogens (tertiary/aromatic N) is 2. The third-order valence-corrected chi connectivity index (χ3v) is 2.83. The summed E-state index contributed by atoms with van der Waals surface area (Å²) < 4.78 is 5.74. The van der Waals surface area contributed by atoms with Gasteiger partial charge in [0, 0.05) is 19.0 Å². The highest BCUT2D eigenvalue weighted by Gasteiger charge is 2.04.